The third-order valence-electron chi connectivity index (χ3n) is 3.30. The number of rotatable bonds is 3. The number of anilines is 2. The van der Waals surface area contributed by atoms with Crippen LogP contribution in [-0.2, 0) is 0 Å². The van der Waals surface area contributed by atoms with Gasteiger partial charge in [-0.05, 0) is 52.9 Å². The first-order valence-electron chi connectivity index (χ1n) is 6.04. The van der Waals surface area contributed by atoms with Crippen molar-refractivity contribution in [2.45, 2.75) is 32.1 Å². The van der Waals surface area contributed by atoms with E-state index in [0.717, 1.165) is 28.3 Å². The molecule has 0 atom stereocenters. The average Bonchev–Trinajstić information content (AvgIpc) is 2.29. The Bertz CT molecular complexity index is 346. The minimum absolute atomic E-state index is 0.801. The van der Waals surface area contributed by atoms with Gasteiger partial charge in [0.1, 0.15) is 0 Å². The van der Waals surface area contributed by atoms with Gasteiger partial charge in [0.25, 0.3) is 0 Å². The molecule has 1 aromatic rings. The predicted octanol–water partition coefficient (Wildman–Crippen LogP) is 4.02. The van der Waals surface area contributed by atoms with Crippen LogP contribution < -0.4 is 11.1 Å². The van der Waals surface area contributed by atoms with Crippen LogP contribution in [0, 0.1) is 5.92 Å². The van der Waals surface area contributed by atoms with Crippen molar-refractivity contribution in [2.75, 3.05) is 17.6 Å². The minimum Gasteiger partial charge on any atom is -0.399 e. The van der Waals surface area contributed by atoms with Crippen LogP contribution in [0.2, 0.25) is 0 Å². The molecule has 0 aliphatic heterocycles. The fourth-order valence-electron chi connectivity index (χ4n) is 2.32. The normalized spacial score (nSPS) is 17.3. The Morgan fingerprint density at radius 2 is 2.00 bits per heavy atom. The van der Waals surface area contributed by atoms with Gasteiger partial charge in [-0.25, -0.2) is 0 Å². The van der Waals surface area contributed by atoms with Crippen LogP contribution >= 0.6 is 15.9 Å². The van der Waals surface area contributed by atoms with Crippen molar-refractivity contribution < 1.29 is 0 Å². The molecule has 1 fully saturated rings. The van der Waals surface area contributed by atoms with Crippen molar-refractivity contribution in [1.82, 2.24) is 0 Å². The lowest BCUT2D eigenvalue weighted by molar-refractivity contribution is 0.373. The molecule has 1 aliphatic carbocycles. The summed E-state index contributed by atoms with van der Waals surface area (Å²) in [6.45, 7) is 1.09. The highest BCUT2D eigenvalue weighted by atomic mass is 79.9. The Kier molecular flexibility index (Phi) is 4.10. The van der Waals surface area contributed by atoms with Crippen LogP contribution in [0.5, 0.6) is 0 Å². The Balaban J connectivity index is 1.88. The molecule has 0 amide bonds. The summed E-state index contributed by atoms with van der Waals surface area (Å²) in [5, 5.41) is 3.51. The zero-order chi connectivity index (χ0) is 11.4. The van der Waals surface area contributed by atoms with E-state index in [4.69, 9.17) is 5.73 Å². The van der Waals surface area contributed by atoms with Gasteiger partial charge in [-0.15, -0.1) is 0 Å². The second kappa shape index (κ2) is 5.58. The molecular formula is C13H19BrN2. The van der Waals surface area contributed by atoms with Crippen LogP contribution in [-0.4, -0.2) is 6.54 Å². The zero-order valence-electron chi connectivity index (χ0n) is 9.51. The lowest BCUT2D eigenvalue weighted by Gasteiger charge is -2.22. The summed E-state index contributed by atoms with van der Waals surface area (Å²) >= 11 is 3.53. The molecule has 2 nitrogen and oxygen atoms in total. The molecule has 1 aliphatic rings. The van der Waals surface area contributed by atoms with Gasteiger partial charge in [0.2, 0.25) is 0 Å². The van der Waals surface area contributed by atoms with E-state index in [1.54, 1.807) is 0 Å². The predicted molar refractivity (Wildman–Crippen MR) is 73.6 cm³/mol. The first-order valence-corrected chi connectivity index (χ1v) is 6.84. The van der Waals surface area contributed by atoms with E-state index < -0.39 is 0 Å². The number of nitrogens with one attached hydrogen (secondary N) is 1. The zero-order valence-corrected chi connectivity index (χ0v) is 11.1. The quantitative estimate of drug-likeness (QED) is 0.822. The molecule has 0 saturated heterocycles. The Morgan fingerprint density at radius 1 is 1.25 bits per heavy atom. The number of halogens is 1. The summed E-state index contributed by atoms with van der Waals surface area (Å²) in [4.78, 5) is 0. The third-order valence-corrected chi connectivity index (χ3v) is 3.96. The third kappa shape index (κ3) is 3.14. The highest BCUT2D eigenvalue weighted by Gasteiger charge is 2.13. The first kappa shape index (κ1) is 11.8. The molecule has 1 saturated carbocycles. The van der Waals surface area contributed by atoms with Crippen LogP contribution in [0.15, 0.2) is 22.7 Å². The molecule has 0 radical (unpaired) electrons. The number of hydrogen-bond donors (Lipinski definition) is 2. The fourth-order valence-corrected chi connectivity index (χ4v) is 2.86. The summed E-state index contributed by atoms with van der Waals surface area (Å²) in [6.07, 6.45) is 6.96. The van der Waals surface area contributed by atoms with Crippen LogP contribution in [0.3, 0.4) is 0 Å². The van der Waals surface area contributed by atoms with Gasteiger partial charge in [0, 0.05) is 22.4 Å². The Morgan fingerprint density at radius 3 is 2.69 bits per heavy atom. The molecule has 0 aromatic heterocycles. The summed E-state index contributed by atoms with van der Waals surface area (Å²) < 4.78 is 1.06. The summed E-state index contributed by atoms with van der Waals surface area (Å²) in [7, 11) is 0. The van der Waals surface area contributed by atoms with Gasteiger partial charge >= 0.3 is 0 Å². The largest absolute Gasteiger partial charge is 0.399 e. The molecular weight excluding hydrogens is 264 g/mol. The standard InChI is InChI=1S/C13H19BrN2/c14-12-8-11(15)6-7-13(12)16-9-10-4-2-1-3-5-10/h6-8,10,16H,1-5,9,15H2. The molecule has 88 valence electrons. The van der Waals surface area contributed by atoms with Gasteiger partial charge in [-0.1, -0.05) is 19.3 Å². The molecule has 3 heteroatoms. The second-order valence-corrected chi connectivity index (χ2v) is 5.48. The molecule has 16 heavy (non-hydrogen) atoms. The SMILES string of the molecule is Nc1ccc(NCC2CCCCC2)c(Br)c1. The van der Waals surface area contributed by atoms with Gasteiger partial charge in [-0.3, -0.25) is 0 Å². The topological polar surface area (TPSA) is 38.0 Å². The Labute approximate surface area is 106 Å². The molecule has 0 bridgehead atoms. The number of nitrogens with two attached hydrogens (primary N) is 1. The smallest absolute Gasteiger partial charge is 0.0486 e. The van der Waals surface area contributed by atoms with Crippen LogP contribution in [0.1, 0.15) is 32.1 Å². The number of hydrogen-bond acceptors (Lipinski definition) is 2. The lowest BCUT2D eigenvalue weighted by Crippen LogP contribution is -2.17. The van der Waals surface area contributed by atoms with E-state index >= 15 is 0 Å². The van der Waals surface area contributed by atoms with Crippen molar-refractivity contribution in [3.63, 3.8) is 0 Å². The lowest BCUT2D eigenvalue weighted by atomic mass is 9.89. The van der Waals surface area contributed by atoms with Crippen LogP contribution in [0.4, 0.5) is 11.4 Å². The highest BCUT2D eigenvalue weighted by Crippen LogP contribution is 2.27. The molecule has 2 rings (SSSR count). The maximum absolute atomic E-state index is 5.71. The maximum Gasteiger partial charge on any atom is 0.0486 e. The van der Waals surface area contributed by atoms with E-state index in [2.05, 4.69) is 21.2 Å². The summed E-state index contributed by atoms with van der Waals surface area (Å²) in [5.74, 6) is 0.846. The van der Waals surface area contributed by atoms with Crippen molar-refractivity contribution in [1.29, 1.82) is 0 Å². The molecule has 0 spiro atoms. The molecule has 1 aromatic carbocycles. The van der Waals surface area contributed by atoms with E-state index in [9.17, 15) is 0 Å². The monoisotopic (exact) mass is 282 g/mol. The van der Waals surface area contributed by atoms with Gasteiger partial charge in [0.15, 0.2) is 0 Å². The van der Waals surface area contributed by atoms with E-state index in [-0.39, 0.29) is 0 Å². The van der Waals surface area contributed by atoms with Gasteiger partial charge in [-0.2, -0.15) is 0 Å². The first-order chi connectivity index (χ1) is 7.75. The molecule has 0 unspecified atom stereocenters. The van der Waals surface area contributed by atoms with E-state index in [0.29, 0.717) is 0 Å². The van der Waals surface area contributed by atoms with Crippen molar-refractivity contribution in [3.05, 3.63) is 22.7 Å². The minimum atomic E-state index is 0.801. The van der Waals surface area contributed by atoms with Crippen molar-refractivity contribution in [2.24, 2.45) is 5.92 Å². The summed E-state index contributed by atoms with van der Waals surface area (Å²) in [6, 6.07) is 5.93. The van der Waals surface area contributed by atoms with Gasteiger partial charge < -0.3 is 11.1 Å². The molecule has 3 N–H and O–H groups in total. The van der Waals surface area contributed by atoms with Crippen molar-refractivity contribution in [3.8, 4) is 0 Å². The number of benzene rings is 1. The maximum atomic E-state index is 5.71. The summed E-state index contributed by atoms with van der Waals surface area (Å²) in [5.41, 5.74) is 7.66. The highest BCUT2D eigenvalue weighted by molar-refractivity contribution is 9.10. The average molecular weight is 283 g/mol. The number of nitrogen functional groups attached to an aromatic ring is 1. The Hall–Kier alpha value is -0.700. The van der Waals surface area contributed by atoms with E-state index in [1.807, 2.05) is 18.2 Å². The van der Waals surface area contributed by atoms with E-state index in [1.165, 1.54) is 32.1 Å². The fraction of sp³-hybridized carbons (Fsp3) is 0.538. The molecule has 0 heterocycles. The second-order valence-electron chi connectivity index (χ2n) is 4.62. The van der Waals surface area contributed by atoms with Crippen LogP contribution in [0.25, 0.3) is 0 Å². The van der Waals surface area contributed by atoms with Crippen molar-refractivity contribution >= 4 is 27.3 Å². The van der Waals surface area contributed by atoms with Gasteiger partial charge in [0.05, 0.1) is 0 Å².